The SMILES string of the molecule is CCCC1CCCCC1.COc1cc(C)c(C)cc1Cl.Cc1cc(C)c2c(c1)cc(C)n2CC(=O)O. The normalized spacial score (nSPS) is 13.4. The van der Waals surface area contributed by atoms with Crippen molar-refractivity contribution in [1.82, 2.24) is 4.57 Å². The van der Waals surface area contributed by atoms with E-state index < -0.39 is 5.97 Å². The van der Waals surface area contributed by atoms with Crippen molar-refractivity contribution in [3.8, 4) is 5.75 Å². The van der Waals surface area contributed by atoms with Crippen LogP contribution in [0.3, 0.4) is 0 Å². The molecule has 198 valence electrons. The fourth-order valence-electron chi connectivity index (χ4n) is 5.08. The van der Waals surface area contributed by atoms with Gasteiger partial charge in [-0.05, 0) is 81.5 Å². The van der Waals surface area contributed by atoms with Crippen molar-refractivity contribution in [3.05, 3.63) is 63.3 Å². The highest BCUT2D eigenvalue weighted by molar-refractivity contribution is 6.32. The molecule has 4 nitrogen and oxygen atoms in total. The van der Waals surface area contributed by atoms with E-state index in [1.54, 1.807) is 7.11 Å². The molecule has 3 aromatic rings. The van der Waals surface area contributed by atoms with Crippen molar-refractivity contribution in [2.75, 3.05) is 7.11 Å². The Kier molecular flexibility index (Phi) is 11.8. The molecule has 0 atom stereocenters. The second kappa shape index (κ2) is 14.3. The van der Waals surface area contributed by atoms with Gasteiger partial charge in [-0.15, -0.1) is 0 Å². The smallest absolute Gasteiger partial charge is 0.323 e. The van der Waals surface area contributed by atoms with Crippen molar-refractivity contribution in [2.45, 2.75) is 93.0 Å². The number of carboxylic acid groups (broad SMARTS) is 1. The van der Waals surface area contributed by atoms with Gasteiger partial charge in [-0.1, -0.05) is 75.1 Å². The predicted octanol–water partition coefficient (Wildman–Crippen LogP) is 8.98. The summed E-state index contributed by atoms with van der Waals surface area (Å²) in [6, 6.07) is 10.1. The highest BCUT2D eigenvalue weighted by Gasteiger charge is 2.12. The molecule has 1 fully saturated rings. The first-order valence-electron chi connectivity index (χ1n) is 13.2. The minimum atomic E-state index is -0.805. The van der Waals surface area contributed by atoms with Crippen LogP contribution >= 0.6 is 11.6 Å². The fraction of sp³-hybridized carbons (Fsp3) is 0.516. The van der Waals surface area contributed by atoms with Crippen molar-refractivity contribution < 1.29 is 14.6 Å². The molecule has 0 radical (unpaired) electrons. The van der Waals surface area contributed by atoms with Crippen molar-refractivity contribution in [2.24, 2.45) is 5.92 Å². The molecule has 4 rings (SSSR count). The number of benzene rings is 2. The summed E-state index contributed by atoms with van der Waals surface area (Å²) in [6.45, 7) is 12.4. The molecule has 1 aliphatic carbocycles. The predicted molar refractivity (Wildman–Crippen MR) is 153 cm³/mol. The number of halogens is 1. The summed E-state index contributed by atoms with van der Waals surface area (Å²) < 4.78 is 6.90. The minimum absolute atomic E-state index is 0.0270. The summed E-state index contributed by atoms with van der Waals surface area (Å²) in [5, 5.41) is 10.7. The first-order chi connectivity index (χ1) is 17.1. The lowest BCUT2D eigenvalue weighted by Crippen LogP contribution is -2.10. The highest BCUT2D eigenvalue weighted by Crippen LogP contribution is 2.28. The van der Waals surface area contributed by atoms with Crippen LogP contribution in [0.1, 0.15) is 79.8 Å². The lowest BCUT2D eigenvalue weighted by Gasteiger charge is -2.20. The van der Waals surface area contributed by atoms with E-state index in [9.17, 15) is 4.79 Å². The molecular weight excluding hydrogens is 470 g/mol. The minimum Gasteiger partial charge on any atom is -0.495 e. The molecule has 0 saturated heterocycles. The molecule has 36 heavy (non-hydrogen) atoms. The molecule has 0 bridgehead atoms. The number of aryl methyl sites for hydroxylation is 5. The van der Waals surface area contributed by atoms with Crippen LogP contribution in [0.15, 0.2) is 30.3 Å². The van der Waals surface area contributed by atoms with Crippen LogP contribution in [-0.4, -0.2) is 22.8 Å². The zero-order valence-electron chi connectivity index (χ0n) is 23.2. The van der Waals surface area contributed by atoms with E-state index in [-0.39, 0.29) is 6.54 Å². The molecule has 2 aromatic carbocycles. The number of aromatic nitrogens is 1. The Morgan fingerprint density at radius 2 is 1.61 bits per heavy atom. The van der Waals surface area contributed by atoms with Gasteiger partial charge in [0.25, 0.3) is 0 Å². The van der Waals surface area contributed by atoms with Gasteiger partial charge in [-0.3, -0.25) is 4.79 Å². The number of hydrogen-bond acceptors (Lipinski definition) is 2. The van der Waals surface area contributed by atoms with Crippen LogP contribution in [0.25, 0.3) is 10.9 Å². The van der Waals surface area contributed by atoms with Gasteiger partial charge >= 0.3 is 5.97 Å². The first-order valence-corrected chi connectivity index (χ1v) is 13.5. The Labute approximate surface area is 222 Å². The van der Waals surface area contributed by atoms with Crippen LogP contribution in [0.2, 0.25) is 5.02 Å². The second-order valence-electron chi connectivity index (χ2n) is 10.1. The van der Waals surface area contributed by atoms with Crippen LogP contribution in [0, 0.1) is 40.5 Å². The molecule has 5 heteroatoms. The number of methoxy groups -OCH3 is 1. The van der Waals surface area contributed by atoms with Crippen LogP contribution in [0.5, 0.6) is 5.75 Å². The maximum Gasteiger partial charge on any atom is 0.323 e. The molecule has 1 aromatic heterocycles. The van der Waals surface area contributed by atoms with E-state index in [1.165, 1.54) is 61.6 Å². The van der Waals surface area contributed by atoms with Crippen LogP contribution in [0.4, 0.5) is 0 Å². The van der Waals surface area contributed by atoms with E-state index in [0.717, 1.165) is 33.8 Å². The average Bonchev–Trinajstić information content (AvgIpc) is 3.12. The maximum atomic E-state index is 10.8. The lowest BCUT2D eigenvalue weighted by molar-refractivity contribution is -0.137. The maximum absolute atomic E-state index is 10.8. The molecule has 0 unspecified atom stereocenters. The van der Waals surface area contributed by atoms with E-state index in [1.807, 2.05) is 50.5 Å². The van der Waals surface area contributed by atoms with Gasteiger partial charge < -0.3 is 14.4 Å². The van der Waals surface area contributed by atoms with Crippen molar-refractivity contribution >= 4 is 28.5 Å². The number of carboxylic acids is 1. The summed E-state index contributed by atoms with van der Waals surface area (Å²) in [5.41, 5.74) is 6.75. The van der Waals surface area contributed by atoms with Gasteiger partial charge in [0.2, 0.25) is 0 Å². The highest BCUT2D eigenvalue weighted by atomic mass is 35.5. The third-order valence-corrected chi connectivity index (χ3v) is 7.31. The zero-order chi connectivity index (χ0) is 26.8. The average molecular weight is 514 g/mol. The third kappa shape index (κ3) is 8.58. The zero-order valence-corrected chi connectivity index (χ0v) is 24.0. The van der Waals surface area contributed by atoms with Crippen molar-refractivity contribution in [3.63, 3.8) is 0 Å². The number of fused-ring (bicyclic) bond motifs is 1. The molecular formula is C31H44ClNO3. The molecule has 0 aliphatic heterocycles. The standard InChI is InChI=1S/C13H15NO2.C9H11ClO.C9H18/c1-8-4-9(2)13-11(5-8)6-10(3)14(13)7-12(15)16;1-6-4-8(10)9(11-3)5-7(6)2;1-2-6-9-7-4-3-5-8-9/h4-6H,7H2,1-3H3,(H,15,16);4-5H,1-3H3;9H,2-8H2,1H3. The number of carbonyl (C=O) groups is 1. The van der Waals surface area contributed by atoms with Gasteiger partial charge in [0.15, 0.2) is 0 Å². The number of rotatable bonds is 5. The number of ether oxygens (including phenoxy) is 1. The largest absolute Gasteiger partial charge is 0.495 e. The summed E-state index contributed by atoms with van der Waals surface area (Å²) in [4.78, 5) is 10.8. The van der Waals surface area contributed by atoms with Gasteiger partial charge in [0.05, 0.1) is 17.6 Å². The molecule has 0 amide bonds. The molecule has 1 N–H and O–H groups in total. The van der Waals surface area contributed by atoms with E-state index in [0.29, 0.717) is 5.02 Å². The van der Waals surface area contributed by atoms with E-state index in [4.69, 9.17) is 21.4 Å². The lowest BCUT2D eigenvalue weighted by atomic mass is 9.86. The Bertz CT molecular complexity index is 1140. The van der Waals surface area contributed by atoms with E-state index in [2.05, 4.69) is 26.0 Å². The molecule has 1 heterocycles. The Hall–Kier alpha value is -2.46. The summed E-state index contributed by atoms with van der Waals surface area (Å²) in [5.74, 6) is 1.04. The van der Waals surface area contributed by atoms with Gasteiger partial charge in [-0.25, -0.2) is 0 Å². The van der Waals surface area contributed by atoms with Crippen LogP contribution < -0.4 is 4.74 Å². The summed E-state index contributed by atoms with van der Waals surface area (Å²) in [6.07, 6.45) is 10.4. The Morgan fingerprint density at radius 1 is 0.972 bits per heavy atom. The second-order valence-corrected chi connectivity index (χ2v) is 10.6. The Morgan fingerprint density at radius 3 is 2.19 bits per heavy atom. The van der Waals surface area contributed by atoms with Crippen molar-refractivity contribution in [1.29, 1.82) is 0 Å². The quantitative estimate of drug-likeness (QED) is 0.370. The Balaban J connectivity index is 0.000000200. The summed E-state index contributed by atoms with van der Waals surface area (Å²) >= 11 is 5.88. The fourth-order valence-corrected chi connectivity index (χ4v) is 5.38. The molecule has 1 saturated carbocycles. The molecule has 1 aliphatic rings. The van der Waals surface area contributed by atoms with Gasteiger partial charge in [0, 0.05) is 11.1 Å². The number of aliphatic carboxylic acids is 1. The number of hydrogen-bond donors (Lipinski definition) is 1. The molecule has 0 spiro atoms. The topological polar surface area (TPSA) is 51.5 Å². The van der Waals surface area contributed by atoms with Gasteiger partial charge in [0.1, 0.15) is 12.3 Å². The summed E-state index contributed by atoms with van der Waals surface area (Å²) in [7, 11) is 1.62. The monoisotopic (exact) mass is 513 g/mol. The van der Waals surface area contributed by atoms with E-state index >= 15 is 0 Å². The number of nitrogens with zero attached hydrogens (tertiary/aromatic N) is 1. The first kappa shape index (κ1) is 29.8. The van der Waals surface area contributed by atoms with Gasteiger partial charge in [-0.2, -0.15) is 0 Å². The van der Waals surface area contributed by atoms with Crippen LogP contribution in [-0.2, 0) is 11.3 Å². The third-order valence-electron chi connectivity index (χ3n) is 7.02.